The molecule has 7 heteroatoms. The minimum absolute atomic E-state index is 0.129. The van der Waals surface area contributed by atoms with Gasteiger partial charge < -0.3 is 5.73 Å². The lowest BCUT2D eigenvalue weighted by atomic mass is 10.3. The Morgan fingerprint density at radius 2 is 1.76 bits per heavy atom. The van der Waals surface area contributed by atoms with Gasteiger partial charge in [-0.1, -0.05) is 29.8 Å². The second-order valence-electron chi connectivity index (χ2n) is 3.40. The van der Waals surface area contributed by atoms with Gasteiger partial charge in [0.25, 0.3) is 0 Å². The smallest absolute Gasteiger partial charge is 0.246 e. The van der Waals surface area contributed by atoms with E-state index in [2.05, 4.69) is 31.9 Å². The Kier molecular flexibility index (Phi) is 5.00. The van der Waals surface area contributed by atoms with Gasteiger partial charge >= 0.3 is 0 Å². The lowest BCUT2D eigenvalue weighted by Crippen LogP contribution is -2.31. The molecule has 96 valence electrons. The Hall–Kier alpha value is -0.110. The zero-order valence-corrected chi connectivity index (χ0v) is 13.6. The predicted octanol–water partition coefficient (Wildman–Crippen LogP) is 2.82. The van der Waals surface area contributed by atoms with Crippen LogP contribution in [0, 0.1) is 0 Å². The molecule has 0 saturated heterocycles. The number of hydrogen-bond acceptors (Lipinski definition) is 3. The van der Waals surface area contributed by atoms with Gasteiger partial charge in [-0.25, -0.2) is 8.42 Å². The first kappa shape index (κ1) is 14.9. The number of rotatable bonds is 4. The van der Waals surface area contributed by atoms with Crippen LogP contribution in [0.5, 0.6) is 0 Å². The summed E-state index contributed by atoms with van der Waals surface area (Å²) in [6.07, 6.45) is 0. The summed E-state index contributed by atoms with van der Waals surface area (Å²) in [5, 5.41) is 0. The van der Waals surface area contributed by atoms with E-state index in [1.165, 1.54) is 4.31 Å². The van der Waals surface area contributed by atoms with E-state index in [4.69, 9.17) is 5.73 Å². The lowest BCUT2D eigenvalue weighted by Gasteiger charge is -2.20. The quantitative estimate of drug-likeness (QED) is 0.810. The van der Waals surface area contributed by atoms with Gasteiger partial charge in [0.05, 0.1) is 5.69 Å². The molecule has 2 N–H and O–H groups in total. The van der Waals surface area contributed by atoms with Crippen LogP contribution in [-0.4, -0.2) is 25.8 Å². The number of hydrogen-bond donors (Lipinski definition) is 1. The van der Waals surface area contributed by atoms with Crippen molar-refractivity contribution in [2.45, 2.75) is 18.7 Å². The molecule has 0 bridgehead atoms. The molecule has 0 aliphatic rings. The Morgan fingerprint density at radius 3 is 2.18 bits per heavy atom. The first-order valence-corrected chi connectivity index (χ1v) is 8.11. The molecule has 0 amide bonds. The van der Waals surface area contributed by atoms with Gasteiger partial charge in [0.2, 0.25) is 10.0 Å². The zero-order valence-electron chi connectivity index (χ0n) is 9.57. The second-order valence-corrected chi connectivity index (χ2v) is 7.04. The zero-order chi connectivity index (χ0) is 13.2. The lowest BCUT2D eigenvalue weighted by molar-refractivity contribution is 0.445. The van der Waals surface area contributed by atoms with E-state index in [1.54, 1.807) is 26.0 Å². The van der Waals surface area contributed by atoms with Gasteiger partial charge in [-0.15, -0.1) is 0 Å². The van der Waals surface area contributed by atoms with E-state index in [0.29, 0.717) is 17.6 Å². The van der Waals surface area contributed by atoms with Gasteiger partial charge in [-0.2, -0.15) is 4.31 Å². The summed E-state index contributed by atoms with van der Waals surface area (Å²) in [6.45, 7) is 4.43. The van der Waals surface area contributed by atoms with Crippen LogP contribution in [0.4, 0.5) is 5.69 Å². The highest BCUT2D eigenvalue weighted by Gasteiger charge is 2.26. The minimum atomic E-state index is -3.54. The van der Waals surface area contributed by atoms with Gasteiger partial charge in [-0.3, -0.25) is 0 Å². The minimum Gasteiger partial charge on any atom is -0.398 e. The van der Waals surface area contributed by atoms with E-state index >= 15 is 0 Å². The van der Waals surface area contributed by atoms with Crippen LogP contribution in [0.3, 0.4) is 0 Å². The van der Waals surface area contributed by atoms with E-state index in [1.807, 2.05) is 0 Å². The van der Waals surface area contributed by atoms with Crippen molar-refractivity contribution in [3.63, 3.8) is 0 Å². The molecule has 0 unspecified atom stereocenters. The third-order valence-corrected chi connectivity index (χ3v) is 5.85. The Labute approximate surface area is 118 Å². The fourth-order valence-corrected chi connectivity index (χ4v) is 5.02. The standard InChI is InChI=1S/C10H14Br2N2O2S/c1-3-14(4-2)17(15,16)10-8(12)5-7(11)6-9(10)13/h5-6H,3-4,13H2,1-2H3. The highest BCUT2D eigenvalue weighted by atomic mass is 79.9. The summed E-state index contributed by atoms with van der Waals surface area (Å²) in [7, 11) is -3.54. The molecular weight excluding hydrogens is 372 g/mol. The molecule has 0 atom stereocenters. The Bertz CT molecular complexity index is 490. The molecule has 0 heterocycles. The normalized spacial score (nSPS) is 12.1. The molecule has 4 nitrogen and oxygen atoms in total. The topological polar surface area (TPSA) is 63.4 Å². The largest absolute Gasteiger partial charge is 0.398 e. The molecule has 1 rings (SSSR count). The molecule has 0 fully saturated rings. The van der Waals surface area contributed by atoms with Crippen LogP contribution in [0.1, 0.15) is 13.8 Å². The van der Waals surface area contributed by atoms with E-state index in [0.717, 1.165) is 4.47 Å². The third-order valence-electron chi connectivity index (χ3n) is 2.34. The van der Waals surface area contributed by atoms with Crippen LogP contribution in [0.25, 0.3) is 0 Å². The second kappa shape index (κ2) is 5.69. The number of nitrogen functional groups attached to an aromatic ring is 1. The third kappa shape index (κ3) is 3.01. The van der Waals surface area contributed by atoms with Crippen LogP contribution >= 0.6 is 31.9 Å². The molecule has 17 heavy (non-hydrogen) atoms. The van der Waals surface area contributed by atoms with Crippen LogP contribution in [0.15, 0.2) is 26.0 Å². The number of sulfonamides is 1. The number of halogens is 2. The number of nitrogens with zero attached hydrogens (tertiary/aromatic N) is 1. The van der Waals surface area contributed by atoms with Crippen LogP contribution in [-0.2, 0) is 10.0 Å². The molecule has 0 saturated carbocycles. The maximum absolute atomic E-state index is 12.3. The number of benzene rings is 1. The molecule has 1 aromatic carbocycles. The molecule has 0 aliphatic carbocycles. The van der Waals surface area contributed by atoms with Crippen molar-refractivity contribution in [1.29, 1.82) is 0 Å². The summed E-state index contributed by atoms with van der Waals surface area (Å²) < 4.78 is 27.3. The van der Waals surface area contributed by atoms with Crippen molar-refractivity contribution in [1.82, 2.24) is 4.31 Å². The van der Waals surface area contributed by atoms with E-state index in [9.17, 15) is 8.42 Å². The number of anilines is 1. The molecular formula is C10H14Br2N2O2S. The molecule has 0 aromatic heterocycles. The van der Waals surface area contributed by atoms with Crippen LogP contribution in [0.2, 0.25) is 0 Å². The van der Waals surface area contributed by atoms with Crippen molar-refractivity contribution in [2.24, 2.45) is 0 Å². The Balaban J connectivity index is 3.44. The SMILES string of the molecule is CCN(CC)S(=O)(=O)c1c(N)cc(Br)cc1Br. The van der Waals surface area contributed by atoms with Crippen molar-refractivity contribution in [2.75, 3.05) is 18.8 Å². The van der Waals surface area contributed by atoms with Gasteiger partial charge in [0.1, 0.15) is 4.90 Å². The average Bonchev–Trinajstić information content (AvgIpc) is 2.16. The monoisotopic (exact) mass is 384 g/mol. The first-order valence-electron chi connectivity index (χ1n) is 5.09. The van der Waals surface area contributed by atoms with E-state index in [-0.39, 0.29) is 10.6 Å². The fourth-order valence-electron chi connectivity index (χ4n) is 1.55. The van der Waals surface area contributed by atoms with Gasteiger partial charge in [0, 0.05) is 22.0 Å². The Morgan fingerprint density at radius 1 is 1.24 bits per heavy atom. The highest BCUT2D eigenvalue weighted by Crippen LogP contribution is 2.33. The molecule has 0 radical (unpaired) electrons. The van der Waals surface area contributed by atoms with Crippen LogP contribution < -0.4 is 5.73 Å². The average molecular weight is 386 g/mol. The predicted molar refractivity (Wildman–Crippen MR) is 76.4 cm³/mol. The molecule has 0 spiro atoms. The summed E-state index contributed by atoms with van der Waals surface area (Å²) in [5.41, 5.74) is 6.02. The molecule has 1 aromatic rings. The summed E-state index contributed by atoms with van der Waals surface area (Å²) in [6, 6.07) is 3.26. The fraction of sp³-hybridized carbons (Fsp3) is 0.400. The molecule has 0 aliphatic heterocycles. The van der Waals surface area contributed by atoms with Crippen molar-refractivity contribution in [3.05, 3.63) is 21.1 Å². The maximum Gasteiger partial charge on any atom is 0.246 e. The number of nitrogens with two attached hydrogens (primary N) is 1. The summed E-state index contributed by atoms with van der Waals surface area (Å²) in [4.78, 5) is 0.129. The summed E-state index contributed by atoms with van der Waals surface area (Å²) in [5.74, 6) is 0. The van der Waals surface area contributed by atoms with Crippen molar-refractivity contribution in [3.8, 4) is 0 Å². The van der Waals surface area contributed by atoms with Crippen molar-refractivity contribution >= 4 is 47.6 Å². The van der Waals surface area contributed by atoms with Crippen molar-refractivity contribution < 1.29 is 8.42 Å². The van der Waals surface area contributed by atoms with E-state index < -0.39 is 10.0 Å². The van der Waals surface area contributed by atoms with Gasteiger partial charge in [0.15, 0.2) is 0 Å². The highest BCUT2D eigenvalue weighted by molar-refractivity contribution is 9.11. The maximum atomic E-state index is 12.3. The van der Waals surface area contributed by atoms with Gasteiger partial charge in [-0.05, 0) is 28.1 Å². The summed E-state index contributed by atoms with van der Waals surface area (Å²) >= 11 is 6.51. The first-order chi connectivity index (χ1) is 7.84.